The molecule has 1 N–H and O–H groups in total. The van der Waals surface area contributed by atoms with Crippen LogP contribution in [0.2, 0.25) is 10.0 Å². The average Bonchev–Trinajstić information content (AvgIpc) is 2.77. The van der Waals surface area contributed by atoms with Gasteiger partial charge in [0.1, 0.15) is 0 Å². The van der Waals surface area contributed by atoms with Crippen molar-refractivity contribution >= 4 is 40.5 Å². The summed E-state index contributed by atoms with van der Waals surface area (Å²) in [5, 5.41) is 3.74. The molecule has 1 fully saturated rings. The topological polar surface area (TPSA) is 35.6 Å². The maximum Gasteiger partial charge on any atom is 0.257 e. The first kappa shape index (κ1) is 20.7. The van der Waals surface area contributed by atoms with E-state index in [0.717, 1.165) is 44.1 Å². The van der Waals surface area contributed by atoms with Crippen LogP contribution in [0.1, 0.15) is 15.9 Å². The Hall–Kier alpha value is -2.53. The molecule has 30 heavy (non-hydrogen) atoms. The molecule has 0 bridgehead atoms. The normalized spacial score (nSPS) is 14.5. The molecular formula is C24H23Cl2N3O. The number of anilines is 2. The zero-order chi connectivity index (χ0) is 20.9. The molecule has 6 heteroatoms. The number of carbonyl (C=O) groups is 1. The summed E-state index contributed by atoms with van der Waals surface area (Å²) in [5.41, 5.74) is 3.60. The fourth-order valence-electron chi connectivity index (χ4n) is 3.63. The molecule has 1 aliphatic heterocycles. The summed E-state index contributed by atoms with van der Waals surface area (Å²) in [6.07, 6.45) is 0. The number of hydrogen-bond donors (Lipinski definition) is 1. The zero-order valence-corrected chi connectivity index (χ0v) is 18.0. The molecule has 0 spiro atoms. The van der Waals surface area contributed by atoms with E-state index in [1.165, 1.54) is 5.56 Å². The molecule has 4 nitrogen and oxygen atoms in total. The van der Waals surface area contributed by atoms with Crippen molar-refractivity contribution in [2.45, 2.75) is 6.54 Å². The predicted molar refractivity (Wildman–Crippen MR) is 125 cm³/mol. The summed E-state index contributed by atoms with van der Waals surface area (Å²) >= 11 is 12.1. The van der Waals surface area contributed by atoms with E-state index in [1.54, 1.807) is 18.2 Å². The van der Waals surface area contributed by atoms with E-state index in [4.69, 9.17) is 23.2 Å². The molecule has 3 aromatic rings. The number of halogens is 2. The molecule has 3 aromatic carbocycles. The van der Waals surface area contributed by atoms with Crippen LogP contribution in [0.15, 0.2) is 72.8 Å². The molecular weight excluding hydrogens is 417 g/mol. The monoisotopic (exact) mass is 439 g/mol. The van der Waals surface area contributed by atoms with Gasteiger partial charge in [-0.2, -0.15) is 0 Å². The predicted octanol–water partition coefficient (Wildman–Crippen LogP) is 5.57. The number of benzene rings is 3. The van der Waals surface area contributed by atoms with E-state index in [9.17, 15) is 4.79 Å². The molecule has 154 valence electrons. The average molecular weight is 440 g/mol. The van der Waals surface area contributed by atoms with Crippen LogP contribution in [0.5, 0.6) is 0 Å². The third-order valence-electron chi connectivity index (χ3n) is 5.28. The maximum atomic E-state index is 12.5. The number of amides is 1. The molecule has 0 atom stereocenters. The van der Waals surface area contributed by atoms with Crippen LogP contribution in [0.4, 0.5) is 11.4 Å². The van der Waals surface area contributed by atoms with Crippen LogP contribution in [0.25, 0.3) is 0 Å². The Morgan fingerprint density at radius 1 is 0.867 bits per heavy atom. The van der Waals surface area contributed by atoms with E-state index < -0.39 is 0 Å². The molecule has 0 saturated carbocycles. The van der Waals surface area contributed by atoms with Crippen LogP contribution in [0.3, 0.4) is 0 Å². The van der Waals surface area contributed by atoms with Gasteiger partial charge in [-0.15, -0.1) is 0 Å². The highest BCUT2D eigenvalue weighted by Crippen LogP contribution is 2.24. The quantitative estimate of drug-likeness (QED) is 0.564. The van der Waals surface area contributed by atoms with E-state index in [0.29, 0.717) is 15.6 Å². The van der Waals surface area contributed by atoms with Gasteiger partial charge in [0.25, 0.3) is 5.91 Å². The molecule has 1 heterocycles. The van der Waals surface area contributed by atoms with Crippen molar-refractivity contribution in [2.24, 2.45) is 0 Å². The van der Waals surface area contributed by atoms with E-state index in [1.807, 2.05) is 24.3 Å². The number of nitrogens with one attached hydrogen (secondary N) is 1. The lowest BCUT2D eigenvalue weighted by Crippen LogP contribution is -2.45. The molecule has 0 unspecified atom stereocenters. The number of carbonyl (C=O) groups excluding carboxylic acids is 1. The van der Waals surface area contributed by atoms with Crippen molar-refractivity contribution < 1.29 is 4.79 Å². The number of rotatable bonds is 5. The van der Waals surface area contributed by atoms with E-state index in [2.05, 4.69) is 45.4 Å². The van der Waals surface area contributed by atoms with Crippen LogP contribution in [-0.2, 0) is 6.54 Å². The molecule has 1 amide bonds. The molecule has 1 saturated heterocycles. The SMILES string of the molecule is O=C(Nc1ccc(N2CCN(Cc3ccccc3)CC2)cc1)c1cc(Cl)ccc1Cl. The highest BCUT2D eigenvalue weighted by Gasteiger charge is 2.17. The van der Waals surface area contributed by atoms with Crippen molar-refractivity contribution in [2.75, 3.05) is 36.4 Å². The first-order chi connectivity index (χ1) is 14.6. The first-order valence-electron chi connectivity index (χ1n) is 9.96. The molecule has 4 rings (SSSR count). The largest absolute Gasteiger partial charge is 0.369 e. The van der Waals surface area contributed by atoms with Gasteiger partial charge in [0.05, 0.1) is 10.6 Å². The Kier molecular flexibility index (Phi) is 6.58. The number of nitrogens with zero attached hydrogens (tertiary/aromatic N) is 2. The second kappa shape index (κ2) is 9.52. The highest BCUT2D eigenvalue weighted by atomic mass is 35.5. The van der Waals surface area contributed by atoms with Crippen molar-refractivity contribution in [3.05, 3.63) is 94.0 Å². The van der Waals surface area contributed by atoms with Gasteiger partial charge in [0.15, 0.2) is 0 Å². The third kappa shape index (κ3) is 5.14. The smallest absolute Gasteiger partial charge is 0.257 e. The minimum Gasteiger partial charge on any atom is -0.369 e. The maximum absolute atomic E-state index is 12.5. The Bertz CT molecular complexity index is 1000. The Morgan fingerprint density at radius 3 is 2.27 bits per heavy atom. The van der Waals surface area contributed by atoms with Crippen LogP contribution >= 0.6 is 23.2 Å². The van der Waals surface area contributed by atoms with Crippen molar-refractivity contribution in [3.8, 4) is 0 Å². The lowest BCUT2D eigenvalue weighted by molar-refractivity contribution is 0.102. The van der Waals surface area contributed by atoms with Crippen LogP contribution in [0, 0.1) is 0 Å². The molecule has 1 aliphatic rings. The van der Waals surface area contributed by atoms with Crippen LogP contribution in [-0.4, -0.2) is 37.0 Å². The minimum atomic E-state index is -0.273. The Labute approximate surface area is 187 Å². The van der Waals surface area contributed by atoms with E-state index >= 15 is 0 Å². The van der Waals surface area contributed by atoms with Gasteiger partial charge < -0.3 is 10.2 Å². The second-order valence-electron chi connectivity index (χ2n) is 7.37. The van der Waals surface area contributed by atoms with Gasteiger partial charge in [-0.1, -0.05) is 53.5 Å². The van der Waals surface area contributed by atoms with Crippen molar-refractivity contribution in [3.63, 3.8) is 0 Å². The van der Waals surface area contributed by atoms with Gasteiger partial charge in [-0.25, -0.2) is 0 Å². The van der Waals surface area contributed by atoms with Gasteiger partial charge in [-0.05, 0) is 48.0 Å². The van der Waals surface area contributed by atoms with E-state index in [-0.39, 0.29) is 5.91 Å². The Balaban J connectivity index is 1.33. The fraction of sp³-hybridized carbons (Fsp3) is 0.208. The van der Waals surface area contributed by atoms with Gasteiger partial charge >= 0.3 is 0 Å². The molecule has 0 aliphatic carbocycles. The lowest BCUT2D eigenvalue weighted by Gasteiger charge is -2.36. The summed E-state index contributed by atoms with van der Waals surface area (Å²) in [5.74, 6) is -0.273. The van der Waals surface area contributed by atoms with Gasteiger partial charge in [0.2, 0.25) is 0 Å². The lowest BCUT2D eigenvalue weighted by atomic mass is 10.1. The standard InChI is InChI=1S/C24H23Cl2N3O/c25-19-6-11-23(26)22(16-19)24(30)27-20-7-9-21(10-8-20)29-14-12-28(13-15-29)17-18-4-2-1-3-5-18/h1-11,16H,12-15,17H2,(H,27,30). The van der Waals surface area contributed by atoms with Gasteiger partial charge in [0, 0.05) is 49.1 Å². The molecule has 0 aromatic heterocycles. The zero-order valence-electron chi connectivity index (χ0n) is 16.5. The summed E-state index contributed by atoms with van der Waals surface area (Å²) in [7, 11) is 0. The van der Waals surface area contributed by atoms with Crippen molar-refractivity contribution in [1.29, 1.82) is 0 Å². The highest BCUT2D eigenvalue weighted by molar-refractivity contribution is 6.36. The third-order valence-corrected chi connectivity index (χ3v) is 5.85. The van der Waals surface area contributed by atoms with Crippen molar-refractivity contribution in [1.82, 2.24) is 4.90 Å². The first-order valence-corrected chi connectivity index (χ1v) is 10.7. The summed E-state index contributed by atoms with van der Waals surface area (Å²) < 4.78 is 0. The summed E-state index contributed by atoms with van der Waals surface area (Å²) in [6, 6.07) is 23.4. The number of piperazine rings is 1. The van der Waals surface area contributed by atoms with Gasteiger partial charge in [-0.3, -0.25) is 9.69 Å². The second-order valence-corrected chi connectivity index (χ2v) is 8.22. The fourth-order valence-corrected chi connectivity index (χ4v) is 4.01. The van der Waals surface area contributed by atoms with Crippen LogP contribution < -0.4 is 10.2 Å². The Morgan fingerprint density at radius 2 is 1.57 bits per heavy atom. The summed E-state index contributed by atoms with van der Waals surface area (Å²) in [6.45, 7) is 5.01. The number of hydrogen-bond acceptors (Lipinski definition) is 3. The molecule has 0 radical (unpaired) electrons. The minimum absolute atomic E-state index is 0.273. The summed E-state index contributed by atoms with van der Waals surface area (Å²) in [4.78, 5) is 17.3.